The summed E-state index contributed by atoms with van der Waals surface area (Å²) in [5, 5.41) is 11.1. The second kappa shape index (κ2) is 6.49. The minimum atomic E-state index is -3.36. The third-order valence-corrected chi connectivity index (χ3v) is 6.49. The minimum absolute atomic E-state index is 0.235. The van der Waals surface area contributed by atoms with E-state index in [1.54, 1.807) is 18.2 Å². The van der Waals surface area contributed by atoms with Crippen LogP contribution in [0.15, 0.2) is 41.4 Å². The first-order valence-electron chi connectivity index (χ1n) is 7.74. The Bertz CT molecular complexity index is 903. The summed E-state index contributed by atoms with van der Waals surface area (Å²) in [5.41, 5.74) is 1.02. The Morgan fingerprint density at radius 1 is 1.25 bits per heavy atom. The number of rotatable bonds is 4. The van der Waals surface area contributed by atoms with Gasteiger partial charge in [0.1, 0.15) is 11.8 Å². The quantitative estimate of drug-likeness (QED) is 0.891. The third-order valence-electron chi connectivity index (χ3n) is 4.23. The normalized spacial score (nSPS) is 15.1. The molecule has 1 aliphatic rings. The van der Waals surface area contributed by atoms with Crippen molar-refractivity contribution in [2.75, 3.05) is 5.32 Å². The largest absolute Gasteiger partial charge is 0.352 e. The number of benzene rings is 1. The highest BCUT2D eigenvalue weighted by Gasteiger charge is 2.30. The summed E-state index contributed by atoms with van der Waals surface area (Å²) in [6.07, 6.45) is 4.70. The van der Waals surface area contributed by atoms with Gasteiger partial charge in [-0.2, -0.15) is 5.26 Å². The third kappa shape index (κ3) is 3.19. The van der Waals surface area contributed by atoms with Crippen LogP contribution in [0.2, 0.25) is 0 Å². The van der Waals surface area contributed by atoms with Gasteiger partial charge in [0, 0.05) is 11.9 Å². The van der Waals surface area contributed by atoms with Gasteiger partial charge < -0.3 is 10.3 Å². The number of nitrogens with zero attached hydrogens (tertiary/aromatic N) is 1. The van der Waals surface area contributed by atoms with Crippen molar-refractivity contribution >= 4 is 21.4 Å². The van der Waals surface area contributed by atoms with Crippen LogP contribution in [0.1, 0.15) is 41.7 Å². The molecule has 1 fully saturated rings. The molecular weight excluding hydrogens is 326 g/mol. The molecule has 0 spiro atoms. The van der Waals surface area contributed by atoms with Crippen molar-refractivity contribution in [3.8, 4) is 6.07 Å². The molecule has 2 N–H and O–H groups in total. The van der Waals surface area contributed by atoms with Crippen LogP contribution in [-0.2, 0) is 9.84 Å². The molecule has 1 aromatic carbocycles. The van der Waals surface area contributed by atoms with E-state index < -0.39 is 15.7 Å². The van der Waals surface area contributed by atoms with E-state index in [4.69, 9.17) is 5.26 Å². The van der Waals surface area contributed by atoms with E-state index in [1.165, 1.54) is 18.3 Å². The lowest BCUT2D eigenvalue weighted by Gasteiger charge is -2.12. The fourth-order valence-electron chi connectivity index (χ4n) is 2.94. The molecular formula is C17H17N3O3S. The summed E-state index contributed by atoms with van der Waals surface area (Å²) in [6.45, 7) is 0. The van der Waals surface area contributed by atoms with Gasteiger partial charge in [-0.15, -0.1) is 0 Å². The number of hydrogen-bond donors (Lipinski definition) is 2. The molecule has 1 amide bonds. The van der Waals surface area contributed by atoms with Crippen LogP contribution in [-0.4, -0.2) is 24.6 Å². The van der Waals surface area contributed by atoms with E-state index in [0.717, 1.165) is 12.8 Å². The molecule has 2 aromatic rings. The number of hydrogen-bond acceptors (Lipinski definition) is 4. The zero-order valence-corrected chi connectivity index (χ0v) is 13.8. The number of anilines is 1. The first kappa shape index (κ1) is 16.3. The van der Waals surface area contributed by atoms with Crippen LogP contribution in [0.4, 0.5) is 5.69 Å². The molecule has 0 radical (unpaired) electrons. The number of carbonyl (C=O) groups excluding carboxylic acids is 1. The maximum atomic E-state index is 12.6. The average Bonchev–Trinajstić information content (AvgIpc) is 3.27. The predicted octanol–water partition coefficient (Wildman–Crippen LogP) is 2.85. The molecule has 0 saturated heterocycles. The molecule has 124 valence electrons. The monoisotopic (exact) mass is 343 g/mol. The Morgan fingerprint density at radius 3 is 2.67 bits per heavy atom. The second-order valence-corrected chi connectivity index (χ2v) is 8.08. The molecule has 1 aliphatic carbocycles. The Labute approximate surface area is 140 Å². The Balaban J connectivity index is 1.80. The fraction of sp³-hybridized carbons (Fsp3) is 0.294. The number of H-pyrrole nitrogens is 1. The number of amides is 1. The number of sulfone groups is 1. The van der Waals surface area contributed by atoms with E-state index >= 15 is 0 Å². The van der Waals surface area contributed by atoms with Crippen molar-refractivity contribution in [1.29, 1.82) is 5.26 Å². The van der Waals surface area contributed by atoms with Gasteiger partial charge in [-0.05, 0) is 37.1 Å². The van der Waals surface area contributed by atoms with Gasteiger partial charge in [-0.1, -0.05) is 18.9 Å². The Hall–Kier alpha value is -2.59. The average molecular weight is 343 g/mol. The lowest BCUT2D eigenvalue weighted by molar-refractivity contribution is 0.102. The second-order valence-electron chi connectivity index (χ2n) is 5.85. The van der Waals surface area contributed by atoms with Gasteiger partial charge >= 0.3 is 0 Å². The molecule has 1 saturated carbocycles. The van der Waals surface area contributed by atoms with E-state index in [9.17, 15) is 13.2 Å². The van der Waals surface area contributed by atoms with Gasteiger partial charge in [0.05, 0.1) is 15.7 Å². The number of nitriles is 1. The van der Waals surface area contributed by atoms with Gasteiger partial charge in [0.25, 0.3) is 5.91 Å². The maximum absolute atomic E-state index is 12.6. The summed E-state index contributed by atoms with van der Waals surface area (Å²) in [4.78, 5) is 15.1. The Morgan fingerprint density at radius 2 is 2.00 bits per heavy atom. The molecule has 7 heteroatoms. The number of aromatic amines is 1. The molecule has 6 nitrogen and oxygen atoms in total. The van der Waals surface area contributed by atoms with Crippen LogP contribution in [0.25, 0.3) is 0 Å². The van der Waals surface area contributed by atoms with Crippen molar-refractivity contribution < 1.29 is 13.2 Å². The molecule has 0 atom stereocenters. The molecule has 1 aromatic heterocycles. The molecule has 24 heavy (non-hydrogen) atoms. The summed E-state index contributed by atoms with van der Waals surface area (Å²) >= 11 is 0. The zero-order chi connectivity index (χ0) is 17.2. The minimum Gasteiger partial charge on any atom is -0.352 e. The zero-order valence-electron chi connectivity index (χ0n) is 13.0. The molecule has 0 bridgehead atoms. The van der Waals surface area contributed by atoms with Crippen molar-refractivity contribution in [1.82, 2.24) is 4.98 Å². The highest BCUT2D eigenvalue weighted by atomic mass is 32.2. The lowest BCUT2D eigenvalue weighted by Crippen LogP contribution is -2.18. The number of carbonyl (C=O) groups is 1. The van der Waals surface area contributed by atoms with E-state index in [-0.39, 0.29) is 15.8 Å². The standard InChI is InChI=1S/C17H17N3O3S/c18-10-14-8-12(11-19-14)17(21)20-13-4-3-7-16(9-13)24(22,23)15-5-1-2-6-15/h3-4,7-9,11,15,19H,1-2,5-6H2,(H,20,21). The first-order chi connectivity index (χ1) is 11.5. The Kier molecular flexibility index (Phi) is 4.40. The van der Waals surface area contributed by atoms with Crippen molar-refractivity contribution in [2.45, 2.75) is 35.8 Å². The molecule has 1 heterocycles. The van der Waals surface area contributed by atoms with Gasteiger partial charge in [0.15, 0.2) is 9.84 Å². The lowest BCUT2D eigenvalue weighted by atomic mass is 10.2. The molecule has 0 aliphatic heterocycles. The molecule has 3 rings (SSSR count). The van der Waals surface area contributed by atoms with Gasteiger partial charge in [-0.3, -0.25) is 4.79 Å². The highest BCUT2D eigenvalue weighted by Crippen LogP contribution is 2.30. The van der Waals surface area contributed by atoms with Gasteiger partial charge in [-0.25, -0.2) is 8.42 Å². The fourth-order valence-corrected chi connectivity index (χ4v) is 4.83. The number of aromatic nitrogens is 1. The predicted molar refractivity (Wildman–Crippen MR) is 89.3 cm³/mol. The van der Waals surface area contributed by atoms with Crippen LogP contribution < -0.4 is 5.32 Å². The highest BCUT2D eigenvalue weighted by molar-refractivity contribution is 7.92. The van der Waals surface area contributed by atoms with Crippen molar-refractivity contribution in [3.63, 3.8) is 0 Å². The van der Waals surface area contributed by atoms with Crippen LogP contribution in [0.5, 0.6) is 0 Å². The summed E-state index contributed by atoms with van der Waals surface area (Å²) in [5.74, 6) is -0.400. The first-order valence-corrected chi connectivity index (χ1v) is 9.29. The van der Waals surface area contributed by atoms with Crippen molar-refractivity contribution in [2.24, 2.45) is 0 Å². The van der Waals surface area contributed by atoms with E-state index in [0.29, 0.717) is 24.1 Å². The summed E-state index contributed by atoms with van der Waals surface area (Å²) < 4.78 is 25.3. The topological polar surface area (TPSA) is 103 Å². The van der Waals surface area contributed by atoms with E-state index in [2.05, 4.69) is 10.3 Å². The maximum Gasteiger partial charge on any atom is 0.257 e. The van der Waals surface area contributed by atoms with Crippen molar-refractivity contribution in [3.05, 3.63) is 47.8 Å². The number of nitrogens with one attached hydrogen (secondary N) is 2. The van der Waals surface area contributed by atoms with Gasteiger partial charge in [0.2, 0.25) is 0 Å². The van der Waals surface area contributed by atoms with Crippen LogP contribution >= 0.6 is 0 Å². The summed E-state index contributed by atoms with van der Waals surface area (Å²) in [7, 11) is -3.36. The van der Waals surface area contributed by atoms with Crippen LogP contribution in [0, 0.1) is 11.3 Å². The van der Waals surface area contributed by atoms with E-state index in [1.807, 2.05) is 6.07 Å². The van der Waals surface area contributed by atoms with Crippen LogP contribution in [0.3, 0.4) is 0 Å². The molecule has 0 unspecified atom stereocenters. The smallest absolute Gasteiger partial charge is 0.257 e. The summed E-state index contributed by atoms with van der Waals surface area (Å²) in [6, 6.07) is 9.67. The SMILES string of the molecule is N#Cc1cc(C(=O)Nc2cccc(S(=O)(=O)C3CCCC3)c2)c[nH]1.